The highest BCUT2D eigenvalue weighted by molar-refractivity contribution is 5.80. The monoisotopic (exact) mass is 278 g/mol. The van der Waals surface area contributed by atoms with E-state index in [0.29, 0.717) is 6.54 Å². The molecule has 1 aromatic rings. The maximum Gasteiger partial charge on any atom is 0.239 e. The number of anilines is 1. The van der Waals surface area contributed by atoms with Crippen molar-refractivity contribution in [2.75, 3.05) is 31.6 Å². The minimum atomic E-state index is 0.0107. The first-order valence-electron chi connectivity index (χ1n) is 7.33. The van der Waals surface area contributed by atoms with Crippen molar-refractivity contribution in [3.8, 4) is 0 Å². The van der Waals surface area contributed by atoms with Gasteiger partial charge in [0.15, 0.2) is 0 Å². The van der Waals surface area contributed by atoms with Crippen molar-refractivity contribution in [3.63, 3.8) is 0 Å². The molecule has 0 aliphatic heterocycles. The number of aromatic nitrogens is 1. The zero-order valence-corrected chi connectivity index (χ0v) is 12.8. The van der Waals surface area contributed by atoms with E-state index in [9.17, 15) is 4.79 Å². The largest absolute Gasteiger partial charge is 0.358 e. The summed E-state index contributed by atoms with van der Waals surface area (Å²) in [5, 5.41) is 6.06. The molecule has 0 radical (unpaired) electrons. The molecule has 0 saturated carbocycles. The summed E-state index contributed by atoms with van der Waals surface area (Å²) in [5.41, 5.74) is 1.14. The van der Waals surface area contributed by atoms with Crippen LogP contribution in [-0.4, -0.2) is 37.6 Å². The number of pyridine rings is 1. The van der Waals surface area contributed by atoms with Gasteiger partial charge in [-0.2, -0.15) is 0 Å². The van der Waals surface area contributed by atoms with Crippen molar-refractivity contribution >= 4 is 11.7 Å². The van der Waals surface area contributed by atoms with Gasteiger partial charge >= 0.3 is 0 Å². The van der Waals surface area contributed by atoms with Gasteiger partial charge in [0.25, 0.3) is 0 Å². The fourth-order valence-electron chi connectivity index (χ4n) is 2.03. The van der Waals surface area contributed by atoms with Gasteiger partial charge < -0.3 is 15.5 Å². The number of likely N-dealkylation sites (N-methyl/N-ethyl adjacent to an activating group) is 1. The smallest absolute Gasteiger partial charge is 0.239 e. The molecule has 0 bridgehead atoms. The molecule has 0 saturated heterocycles. The molecule has 0 aliphatic carbocycles. The molecular weight excluding hydrogens is 252 g/mol. The summed E-state index contributed by atoms with van der Waals surface area (Å²) in [7, 11) is 1.66. The van der Waals surface area contributed by atoms with Gasteiger partial charge in [0.2, 0.25) is 5.91 Å². The predicted octanol–water partition coefficient (Wildman–Crippen LogP) is 1.54. The van der Waals surface area contributed by atoms with E-state index in [-0.39, 0.29) is 5.91 Å². The van der Waals surface area contributed by atoms with Crippen LogP contribution in [0.1, 0.15) is 32.3 Å². The molecule has 0 spiro atoms. The van der Waals surface area contributed by atoms with Crippen LogP contribution in [0, 0.1) is 0 Å². The average Bonchev–Trinajstić information content (AvgIpc) is 2.47. The summed E-state index contributed by atoms with van der Waals surface area (Å²) in [5.74, 6) is 0.915. The first-order chi connectivity index (χ1) is 9.72. The third-order valence-corrected chi connectivity index (χ3v) is 3.02. The van der Waals surface area contributed by atoms with Crippen LogP contribution in [0.4, 0.5) is 5.82 Å². The van der Waals surface area contributed by atoms with Crippen LogP contribution in [0.2, 0.25) is 0 Å². The lowest BCUT2D eigenvalue weighted by Gasteiger charge is -2.24. The summed E-state index contributed by atoms with van der Waals surface area (Å²) >= 11 is 0. The van der Waals surface area contributed by atoms with Crippen LogP contribution >= 0.6 is 0 Å². The van der Waals surface area contributed by atoms with Crippen molar-refractivity contribution < 1.29 is 4.79 Å². The molecule has 1 aromatic heterocycles. The van der Waals surface area contributed by atoms with Gasteiger partial charge in [-0.3, -0.25) is 4.79 Å². The Balaban J connectivity index is 2.85. The van der Waals surface area contributed by atoms with E-state index in [1.807, 2.05) is 11.0 Å². The summed E-state index contributed by atoms with van der Waals surface area (Å²) in [6.45, 7) is 7.19. The molecule has 0 aliphatic rings. The molecule has 0 unspecified atom stereocenters. The van der Waals surface area contributed by atoms with E-state index in [2.05, 4.69) is 35.5 Å². The Morgan fingerprint density at radius 2 is 2.15 bits per heavy atom. The van der Waals surface area contributed by atoms with Crippen molar-refractivity contribution in [1.29, 1.82) is 0 Å². The molecule has 0 aromatic carbocycles. The molecule has 20 heavy (non-hydrogen) atoms. The molecule has 1 amide bonds. The van der Waals surface area contributed by atoms with E-state index >= 15 is 0 Å². The van der Waals surface area contributed by atoms with E-state index in [4.69, 9.17) is 0 Å². The number of hydrogen-bond acceptors (Lipinski definition) is 4. The van der Waals surface area contributed by atoms with E-state index in [1.54, 1.807) is 13.2 Å². The van der Waals surface area contributed by atoms with Crippen LogP contribution in [0.15, 0.2) is 18.3 Å². The summed E-state index contributed by atoms with van der Waals surface area (Å²) < 4.78 is 0. The highest BCUT2D eigenvalue weighted by Gasteiger charge is 2.14. The number of hydrogen-bond donors (Lipinski definition) is 2. The molecule has 112 valence electrons. The Morgan fingerprint density at radius 1 is 1.35 bits per heavy atom. The maximum atomic E-state index is 11.6. The van der Waals surface area contributed by atoms with Crippen LogP contribution in [0.5, 0.6) is 0 Å². The fourth-order valence-corrected chi connectivity index (χ4v) is 2.03. The quantitative estimate of drug-likeness (QED) is 0.673. The van der Waals surface area contributed by atoms with Gasteiger partial charge in [0.1, 0.15) is 5.82 Å². The predicted molar refractivity (Wildman–Crippen MR) is 82.8 cm³/mol. The number of amides is 1. The molecule has 0 atom stereocenters. The third kappa shape index (κ3) is 5.17. The zero-order valence-electron chi connectivity index (χ0n) is 12.8. The lowest BCUT2D eigenvalue weighted by molar-refractivity contribution is -0.119. The van der Waals surface area contributed by atoms with Gasteiger partial charge in [-0.1, -0.05) is 19.9 Å². The zero-order chi connectivity index (χ0) is 14.8. The Labute approximate surface area is 121 Å². The van der Waals surface area contributed by atoms with Crippen LogP contribution in [0.25, 0.3) is 0 Å². The second-order valence-electron chi connectivity index (χ2n) is 4.76. The molecule has 2 N–H and O–H groups in total. The first kappa shape index (κ1) is 16.4. The van der Waals surface area contributed by atoms with Gasteiger partial charge in [0.05, 0.1) is 6.54 Å². The third-order valence-electron chi connectivity index (χ3n) is 3.02. The Hall–Kier alpha value is -1.62. The topological polar surface area (TPSA) is 57.3 Å². The Kier molecular flexibility index (Phi) is 7.65. The molecule has 5 nitrogen and oxygen atoms in total. The maximum absolute atomic E-state index is 11.6. The first-order valence-corrected chi connectivity index (χ1v) is 7.33. The minimum absolute atomic E-state index is 0.0107. The second kappa shape index (κ2) is 9.31. The van der Waals surface area contributed by atoms with Crippen LogP contribution in [-0.2, 0) is 11.3 Å². The van der Waals surface area contributed by atoms with Crippen molar-refractivity contribution in [2.45, 2.75) is 33.2 Å². The lowest BCUT2D eigenvalue weighted by Crippen LogP contribution is -2.37. The van der Waals surface area contributed by atoms with Crippen LogP contribution < -0.4 is 15.5 Å². The number of carbonyl (C=O) groups is 1. The Morgan fingerprint density at radius 3 is 2.80 bits per heavy atom. The molecule has 0 fully saturated rings. The SMILES string of the molecule is CCCNCc1cccnc1N(CCC)CC(=O)NC. The van der Waals surface area contributed by atoms with Crippen LogP contribution in [0.3, 0.4) is 0 Å². The normalized spacial score (nSPS) is 10.3. The van der Waals surface area contributed by atoms with Crippen molar-refractivity contribution in [2.24, 2.45) is 0 Å². The van der Waals surface area contributed by atoms with Gasteiger partial charge in [-0.05, 0) is 25.5 Å². The van der Waals surface area contributed by atoms with Crippen molar-refractivity contribution in [3.05, 3.63) is 23.9 Å². The molecular formula is C15H26N4O. The number of nitrogens with one attached hydrogen (secondary N) is 2. The van der Waals surface area contributed by atoms with Gasteiger partial charge in [0, 0.05) is 31.9 Å². The lowest BCUT2D eigenvalue weighted by atomic mass is 10.2. The molecule has 1 heterocycles. The average molecular weight is 278 g/mol. The summed E-state index contributed by atoms with van der Waals surface area (Å²) in [4.78, 5) is 18.2. The number of nitrogens with zero attached hydrogens (tertiary/aromatic N) is 2. The highest BCUT2D eigenvalue weighted by Crippen LogP contribution is 2.17. The standard InChI is InChI=1S/C15H26N4O/c1-4-8-17-11-13-7-6-9-18-15(13)19(10-5-2)12-14(20)16-3/h6-7,9,17H,4-5,8,10-12H2,1-3H3,(H,16,20). The number of rotatable bonds is 9. The van der Waals surface area contributed by atoms with E-state index in [0.717, 1.165) is 43.9 Å². The van der Waals surface area contributed by atoms with E-state index < -0.39 is 0 Å². The highest BCUT2D eigenvalue weighted by atomic mass is 16.1. The fraction of sp³-hybridized carbons (Fsp3) is 0.600. The van der Waals surface area contributed by atoms with Gasteiger partial charge in [-0.25, -0.2) is 4.98 Å². The van der Waals surface area contributed by atoms with Crippen molar-refractivity contribution in [1.82, 2.24) is 15.6 Å². The minimum Gasteiger partial charge on any atom is -0.358 e. The summed E-state index contributed by atoms with van der Waals surface area (Å²) in [6.07, 6.45) is 3.87. The molecule has 1 rings (SSSR count). The Bertz CT molecular complexity index is 409. The second-order valence-corrected chi connectivity index (χ2v) is 4.76. The summed E-state index contributed by atoms with van der Waals surface area (Å²) in [6, 6.07) is 4.01. The van der Waals surface area contributed by atoms with E-state index in [1.165, 1.54) is 0 Å². The number of carbonyl (C=O) groups excluding carboxylic acids is 1. The molecule has 5 heteroatoms. The van der Waals surface area contributed by atoms with Gasteiger partial charge in [-0.15, -0.1) is 0 Å².